The highest BCUT2D eigenvalue weighted by atomic mass is 16.2. The zero-order valence-corrected chi connectivity index (χ0v) is 9.63. The molecule has 0 saturated carbocycles. The molecular formula is C11H20N2O. The number of carbonyl (C=O) groups is 1. The molecule has 0 atom stereocenters. The average molecular weight is 196 g/mol. The van der Waals surface area contributed by atoms with E-state index in [1.54, 1.807) is 4.90 Å². The second kappa shape index (κ2) is 5.64. The molecule has 0 aliphatic carbocycles. The van der Waals surface area contributed by atoms with Gasteiger partial charge in [0.2, 0.25) is 5.91 Å². The van der Waals surface area contributed by atoms with Crippen LogP contribution in [-0.2, 0) is 4.79 Å². The zero-order chi connectivity index (χ0) is 11.2. The summed E-state index contributed by atoms with van der Waals surface area (Å²) in [6.45, 7) is 9.09. The van der Waals surface area contributed by atoms with Crippen LogP contribution in [0.25, 0.3) is 0 Å². The molecule has 14 heavy (non-hydrogen) atoms. The predicted octanol–water partition coefficient (Wildman–Crippen LogP) is 2.18. The van der Waals surface area contributed by atoms with E-state index in [1.807, 2.05) is 27.7 Å². The summed E-state index contributed by atoms with van der Waals surface area (Å²) in [5, 5.41) is 8.46. The Balaban J connectivity index is 4.39. The largest absolute Gasteiger partial charge is 0.341 e. The zero-order valence-electron chi connectivity index (χ0n) is 9.63. The highest BCUT2D eigenvalue weighted by Crippen LogP contribution is 2.22. The maximum Gasteiger partial charge on any atom is 0.228 e. The number of nitrogens with zero attached hydrogens (tertiary/aromatic N) is 2. The van der Waals surface area contributed by atoms with E-state index in [4.69, 9.17) is 5.26 Å². The Kier molecular flexibility index (Phi) is 5.22. The maximum atomic E-state index is 11.9. The molecule has 0 aromatic carbocycles. The smallest absolute Gasteiger partial charge is 0.228 e. The van der Waals surface area contributed by atoms with Crippen LogP contribution in [0.2, 0.25) is 0 Å². The number of rotatable bonds is 5. The van der Waals surface area contributed by atoms with Gasteiger partial charge in [0.05, 0.1) is 12.5 Å². The van der Waals surface area contributed by atoms with E-state index in [0.29, 0.717) is 19.5 Å². The second-order valence-corrected chi connectivity index (χ2v) is 4.03. The third-order valence-electron chi connectivity index (χ3n) is 2.63. The van der Waals surface area contributed by atoms with Crippen molar-refractivity contribution in [2.75, 3.05) is 13.1 Å². The van der Waals surface area contributed by atoms with E-state index in [9.17, 15) is 4.79 Å². The van der Waals surface area contributed by atoms with Gasteiger partial charge in [-0.05, 0) is 13.3 Å². The molecule has 80 valence electrons. The van der Waals surface area contributed by atoms with Crippen molar-refractivity contribution < 1.29 is 4.79 Å². The van der Waals surface area contributed by atoms with Crippen LogP contribution in [-0.4, -0.2) is 23.9 Å². The van der Waals surface area contributed by atoms with Crippen molar-refractivity contribution in [3.05, 3.63) is 0 Å². The topological polar surface area (TPSA) is 44.1 Å². The lowest BCUT2D eigenvalue weighted by molar-refractivity contribution is -0.140. The van der Waals surface area contributed by atoms with E-state index < -0.39 is 0 Å². The standard InChI is InChI=1S/C11H20N2O/c1-5-11(3,4)10(14)13(6-2)9-7-8-12/h5-7,9H2,1-4H3. The first-order valence-electron chi connectivity index (χ1n) is 5.16. The average Bonchev–Trinajstić information content (AvgIpc) is 2.18. The molecule has 3 nitrogen and oxygen atoms in total. The lowest BCUT2D eigenvalue weighted by Gasteiger charge is -2.29. The summed E-state index contributed by atoms with van der Waals surface area (Å²) >= 11 is 0. The number of carbonyl (C=O) groups excluding carboxylic acids is 1. The molecule has 0 radical (unpaired) electrons. The Labute approximate surface area is 86.7 Å². The number of hydrogen-bond donors (Lipinski definition) is 0. The van der Waals surface area contributed by atoms with Gasteiger partial charge in [0.1, 0.15) is 0 Å². The molecule has 0 fully saturated rings. The molecule has 0 aromatic heterocycles. The molecule has 0 aromatic rings. The van der Waals surface area contributed by atoms with Crippen LogP contribution < -0.4 is 0 Å². The van der Waals surface area contributed by atoms with Crippen molar-refractivity contribution in [2.45, 2.75) is 40.5 Å². The van der Waals surface area contributed by atoms with Gasteiger partial charge in [-0.15, -0.1) is 0 Å². The summed E-state index contributed by atoms with van der Waals surface area (Å²) in [5.41, 5.74) is -0.300. The van der Waals surface area contributed by atoms with Crippen molar-refractivity contribution in [3.8, 4) is 6.07 Å². The van der Waals surface area contributed by atoms with Crippen LogP contribution in [0.3, 0.4) is 0 Å². The monoisotopic (exact) mass is 196 g/mol. The molecule has 0 spiro atoms. The Bertz CT molecular complexity index is 228. The minimum absolute atomic E-state index is 0.151. The summed E-state index contributed by atoms with van der Waals surface area (Å²) in [6.07, 6.45) is 1.24. The minimum Gasteiger partial charge on any atom is -0.341 e. The van der Waals surface area contributed by atoms with Gasteiger partial charge >= 0.3 is 0 Å². The van der Waals surface area contributed by atoms with E-state index in [-0.39, 0.29) is 11.3 Å². The van der Waals surface area contributed by atoms with Crippen LogP contribution in [0.15, 0.2) is 0 Å². The van der Waals surface area contributed by atoms with E-state index in [2.05, 4.69) is 6.07 Å². The first kappa shape index (κ1) is 13.0. The van der Waals surface area contributed by atoms with Gasteiger partial charge in [0, 0.05) is 18.5 Å². The SMILES string of the molecule is CCN(CCC#N)C(=O)C(C)(C)CC. The Hall–Kier alpha value is -1.04. The van der Waals surface area contributed by atoms with E-state index in [1.165, 1.54) is 0 Å². The van der Waals surface area contributed by atoms with Crippen LogP contribution in [0, 0.1) is 16.7 Å². The van der Waals surface area contributed by atoms with Gasteiger partial charge in [-0.3, -0.25) is 4.79 Å². The quantitative estimate of drug-likeness (QED) is 0.676. The Morgan fingerprint density at radius 2 is 2.00 bits per heavy atom. The van der Waals surface area contributed by atoms with Crippen molar-refractivity contribution in [1.82, 2.24) is 4.90 Å². The highest BCUT2D eigenvalue weighted by Gasteiger charge is 2.28. The van der Waals surface area contributed by atoms with Gasteiger partial charge in [-0.2, -0.15) is 5.26 Å². The number of nitriles is 1. The van der Waals surface area contributed by atoms with Gasteiger partial charge in [0.15, 0.2) is 0 Å². The summed E-state index contributed by atoms with van der Waals surface area (Å²) in [7, 11) is 0. The third-order valence-corrected chi connectivity index (χ3v) is 2.63. The summed E-state index contributed by atoms with van der Waals surface area (Å²) in [6, 6.07) is 2.06. The predicted molar refractivity (Wildman–Crippen MR) is 56.6 cm³/mol. The van der Waals surface area contributed by atoms with Crippen LogP contribution >= 0.6 is 0 Å². The molecule has 0 heterocycles. The number of hydrogen-bond acceptors (Lipinski definition) is 2. The third kappa shape index (κ3) is 3.37. The molecule has 0 bridgehead atoms. The summed E-state index contributed by atoms with van der Waals surface area (Å²) < 4.78 is 0. The summed E-state index contributed by atoms with van der Waals surface area (Å²) in [4.78, 5) is 13.7. The second-order valence-electron chi connectivity index (χ2n) is 4.03. The van der Waals surface area contributed by atoms with E-state index >= 15 is 0 Å². The fraction of sp³-hybridized carbons (Fsp3) is 0.818. The first-order chi connectivity index (χ1) is 6.49. The van der Waals surface area contributed by atoms with E-state index in [0.717, 1.165) is 6.42 Å². The Morgan fingerprint density at radius 1 is 1.43 bits per heavy atom. The maximum absolute atomic E-state index is 11.9. The highest BCUT2D eigenvalue weighted by molar-refractivity contribution is 5.81. The van der Waals surface area contributed by atoms with Crippen molar-refractivity contribution in [1.29, 1.82) is 5.26 Å². The molecule has 3 heteroatoms. The van der Waals surface area contributed by atoms with Gasteiger partial charge in [-0.1, -0.05) is 20.8 Å². The molecule has 0 unspecified atom stereocenters. The first-order valence-corrected chi connectivity index (χ1v) is 5.16. The fourth-order valence-electron chi connectivity index (χ4n) is 1.17. The molecule has 0 N–H and O–H groups in total. The van der Waals surface area contributed by atoms with Crippen LogP contribution in [0.4, 0.5) is 0 Å². The van der Waals surface area contributed by atoms with Crippen molar-refractivity contribution in [2.24, 2.45) is 5.41 Å². The van der Waals surface area contributed by atoms with Gasteiger partial charge in [0.25, 0.3) is 0 Å². The summed E-state index contributed by atoms with van der Waals surface area (Å²) in [5.74, 6) is 0.151. The molecule has 0 saturated heterocycles. The van der Waals surface area contributed by atoms with Gasteiger partial charge in [-0.25, -0.2) is 0 Å². The fourth-order valence-corrected chi connectivity index (χ4v) is 1.17. The molecular weight excluding hydrogens is 176 g/mol. The molecule has 1 amide bonds. The molecule has 0 aliphatic rings. The van der Waals surface area contributed by atoms with Crippen LogP contribution in [0.5, 0.6) is 0 Å². The lowest BCUT2D eigenvalue weighted by atomic mass is 9.88. The number of amides is 1. The molecule has 0 aliphatic heterocycles. The molecule has 0 rings (SSSR count). The minimum atomic E-state index is -0.300. The lowest BCUT2D eigenvalue weighted by Crippen LogP contribution is -2.41. The van der Waals surface area contributed by atoms with Crippen molar-refractivity contribution in [3.63, 3.8) is 0 Å². The normalized spacial score (nSPS) is 10.8. The Morgan fingerprint density at radius 3 is 2.36 bits per heavy atom. The van der Waals surface area contributed by atoms with Crippen LogP contribution in [0.1, 0.15) is 40.5 Å². The van der Waals surface area contributed by atoms with Gasteiger partial charge < -0.3 is 4.90 Å². The van der Waals surface area contributed by atoms with Crippen molar-refractivity contribution >= 4 is 5.91 Å².